The summed E-state index contributed by atoms with van der Waals surface area (Å²) in [6.07, 6.45) is 7.03. The van der Waals surface area contributed by atoms with Gasteiger partial charge in [0.25, 0.3) is 0 Å². The lowest BCUT2D eigenvalue weighted by molar-refractivity contribution is 0.408. The van der Waals surface area contributed by atoms with Crippen LogP contribution in [-0.2, 0) is 13.1 Å². The van der Waals surface area contributed by atoms with E-state index in [1.165, 1.54) is 29.5 Å². The molecule has 1 fully saturated rings. The summed E-state index contributed by atoms with van der Waals surface area (Å²) in [5, 5.41) is 3.54. The number of ether oxygens (including phenoxy) is 1. The summed E-state index contributed by atoms with van der Waals surface area (Å²) in [6.45, 7) is 3.94. The van der Waals surface area contributed by atoms with E-state index in [1.807, 2.05) is 6.07 Å². The van der Waals surface area contributed by atoms with Gasteiger partial charge in [0.15, 0.2) is 0 Å². The Morgan fingerprint density at radius 2 is 2.15 bits per heavy atom. The van der Waals surface area contributed by atoms with Gasteiger partial charge in [0.2, 0.25) is 0 Å². The van der Waals surface area contributed by atoms with Crippen LogP contribution in [0.5, 0.6) is 5.75 Å². The van der Waals surface area contributed by atoms with E-state index in [0.29, 0.717) is 0 Å². The van der Waals surface area contributed by atoms with E-state index in [4.69, 9.17) is 4.74 Å². The number of rotatable bonds is 6. The first kappa shape index (κ1) is 13.3. The van der Waals surface area contributed by atoms with Crippen LogP contribution in [0, 0.1) is 6.92 Å². The molecule has 0 saturated heterocycles. The standard InChI is InChI=1S/C17H22N2O/c1-13-3-6-17(20-2)15(9-13)12-19-8-7-14(11-19)10-18-16-4-5-16/h3,6-9,11,16,18H,4-5,10,12H2,1-2H3. The van der Waals surface area contributed by atoms with Crippen molar-refractivity contribution >= 4 is 0 Å². The Bertz CT molecular complexity index is 584. The van der Waals surface area contributed by atoms with Crippen molar-refractivity contribution in [1.29, 1.82) is 0 Å². The molecule has 1 N–H and O–H groups in total. The molecule has 3 nitrogen and oxygen atoms in total. The molecule has 1 aliphatic carbocycles. The van der Waals surface area contributed by atoms with Crippen molar-refractivity contribution in [2.75, 3.05) is 7.11 Å². The molecule has 3 heteroatoms. The summed E-state index contributed by atoms with van der Waals surface area (Å²) < 4.78 is 7.66. The molecular formula is C17H22N2O. The zero-order chi connectivity index (χ0) is 13.9. The van der Waals surface area contributed by atoms with Crippen LogP contribution >= 0.6 is 0 Å². The van der Waals surface area contributed by atoms with Crippen molar-refractivity contribution in [2.45, 2.75) is 38.9 Å². The second-order valence-electron chi connectivity index (χ2n) is 5.66. The molecule has 2 aromatic rings. The fourth-order valence-electron chi connectivity index (χ4n) is 2.47. The molecule has 0 spiro atoms. The van der Waals surface area contributed by atoms with Crippen LogP contribution in [0.1, 0.15) is 29.5 Å². The Balaban J connectivity index is 1.68. The van der Waals surface area contributed by atoms with E-state index < -0.39 is 0 Å². The highest BCUT2D eigenvalue weighted by atomic mass is 16.5. The Morgan fingerprint density at radius 1 is 1.30 bits per heavy atom. The lowest BCUT2D eigenvalue weighted by Gasteiger charge is -2.10. The van der Waals surface area contributed by atoms with Gasteiger partial charge in [0.1, 0.15) is 5.75 Å². The van der Waals surface area contributed by atoms with Crippen molar-refractivity contribution < 1.29 is 4.74 Å². The molecule has 1 saturated carbocycles. The molecule has 0 unspecified atom stereocenters. The third-order valence-electron chi connectivity index (χ3n) is 3.77. The minimum atomic E-state index is 0.759. The van der Waals surface area contributed by atoms with Crippen molar-refractivity contribution in [2.24, 2.45) is 0 Å². The number of aromatic nitrogens is 1. The quantitative estimate of drug-likeness (QED) is 0.873. The second-order valence-corrected chi connectivity index (χ2v) is 5.66. The van der Waals surface area contributed by atoms with Crippen molar-refractivity contribution in [3.8, 4) is 5.75 Å². The van der Waals surface area contributed by atoms with E-state index in [-0.39, 0.29) is 0 Å². The number of hydrogen-bond donors (Lipinski definition) is 1. The normalized spacial score (nSPS) is 14.5. The number of nitrogens with zero attached hydrogens (tertiary/aromatic N) is 1. The molecule has 0 atom stereocenters. The summed E-state index contributed by atoms with van der Waals surface area (Å²) in [6, 6.07) is 9.28. The first-order valence-electron chi connectivity index (χ1n) is 7.26. The highest BCUT2D eigenvalue weighted by molar-refractivity contribution is 5.37. The van der Waals surface area contributed by atoms with Crippen molar-refractivity contribution in [3.63, 3.8) is 0 Å². The molecule has 0 amide bonds. The van der Waals surface area contributed by atoms with Crippen LogP contribution in [0.2, 0.25) is 0 Å². The maximum Gasteiger partial charge on any atom is 0.123 e. The molecule has 0 radical (unpaired) electrons. The minimum Gasteiger partial charge on any atom is -0.496 e. The van der Waals surface area contributed by atoms with Gasteiger partial charge in [0, 0.05) is 30.5 Å². The van der Waals surface area contributed by atoms with Gasteiger partial charge < -0.3 is 14.6 Å². The van der Waals surface area contributed by atoms with Crippen molar-refractivity contribution in [3.05, 3.63) is 53.3 Å². The molecule has 20 heavy (non-hydrogen) atoms. The van der Waals surface area contributed by atoms with E-state index in [9.17, 15) is 0 Å². The summed E-state index contributed by atoms with van der Waals surface area (Å²) in [5.41, 5.74) is 3.84. The first-order chi connectivity index (χ1) is 9.74. The summed E-state index contributed by atoms with van der Waals surface area (Å²) >= 11 is 0. The number of methoxy groups -OCH3 is 1. The van der Waals surface area contributed by atoms with Gasteiger partial charge in [-0.05, 0) is 37.5 Å². The maximum absolute atomic E-state index is 5.44. The fraction of sp³-hybridized carbons (Fsp3) is 0.412. The number of hydrogen-bond acceptors (Lipinski definition) is 2. The van der Waals surface area contributed by atoms with Gasteiger partial charge >= 0.3 is 0 Å². The third-order valence-corrected chi connectivity index (χ3v) is 3.77. The van der Waals surface area contributed by atoms with Gasteiger partial charge in [-0.3, -0.25) is 0 Å². The second kappa shape index (κ2) is 5.71. The Kier molecular flexibility index (Phi) is 3.79. The molecule has 1 aliphatic rings. The van der Waals surface area contributed by atoms with Gasteiger partial charge in [0.05, 0.1) is 13.7 Å². The molecule has 1 aromatic carbocycles. The van der Waals surface area contributed by atoms with E-state index in [0.717, 1.165) is 24.9 Å². The topological polar surface area (TPSA) is 26.2 Å². The number of aryl methyl sites for hydroxylation is 1. The largest absolute Gasteiger partial charge is 0.496 e. The smallest absolute Gasteiger partial charge is 0.123 e. The average Bonchev–Trinajstić information content (AvgIpc) is 3.17. The van der Waals surface area contributed by atoms with Crippen LogP contribution in [0.15, 0.2) is 36.7 Å². The van der Waals surface area contributed by atoms with Gasteiger partial charge in [-0.25, -0.2) is 0 Å². The summed E-state index contributed by atoms with van der Waals surface area (Å²) in [7, 11) is 1.73. The Labute approximate surface area is 120 Å². The molecule has 0 aliphatic heterocycles. The van der Waals surface area contributed by atoms with Crippen LogP contribution in [0.4, 0.5) is 0 Å². The average molecular weight is 270 g/mol. The fourth-order valence-corrected chi connectivity index (χ4v) is 2.47. The Morgan fingerprint density at radius 3 is 2.90 bits per heavy atom. The monoisotopic (exact) mass is 270 g/mol. The molecule has 3 rings (SSSR count). The zero-order valence-electron chi connectivity index (χ0n) is 12.2. The zero-order valence-corrected chi connectivity index (χ0v) is 12.2. The minimum absolute atomic E-state index is 0.759. The summed E-state index contributed by atoms with van der Waals surface area (Å²) in [5.74, 6) is 0.960. The lowest BCUT2D eigenvalue weighted by atomic mass is 10.1. The van der Waals surface area contributed by atoms with E-state index >= 15 is 0 Å². The molecule has 0 bridgehead atoms. The molecule has 1 aromatic heterocycles. The highest BCUT2D eigenvalue weighted by Crippen LogP contribution is 2.22. The first-order valence-corrected chi connectivity index (χ1v) is 7.26. The molecule has 106 valence electrons. The highest BCUT2D eigenvalue weighted by Gasteiger charge is 2.19. The predicted octanol–water partition coefficient (Wildman–Crippen LogP) is 3.11. The number of nitrogens with one attached hydrogen (secondary N) is 1. The molecule has 1 heterocycles. The Hall–Kier alpha value is -1.74. The van der Waals surface area contributed by atoms with E-state index in [2.05, 4.69) is 47.4 Å². The van der Waals surface area contributed by atoms with Crippen LogP contribution in [-0.4, -0.2) is 17.7 Å². The van der Waals surface area contributed by atoms with Gasteiger partial charge in [-0.2, -0.15) is 0 Å². The van der Waals surface area contributed by atoms with Crippen LogP contribution < -0.4 is 10.1 Å². The SMILES string of the molecule is COc1ccc(C)cc1Cn1ccc(CNC2CC2)c1. The van der Waals surface area contributed by atoms with Crippen LogP contribution in [0.25, 0.3) is 0 Å². The van der Waals surface area contributed by atoms with Crippen LogP contribution in [0.3, 0.4) is 0 Å². The molecular weight excluding hydrogens is 248 g/mol. The van der Waals surface area contributed by atoms with Crippen molar-refractivity contribution in [1.82, 2.24) is 9.88 Å². The predicted molar refractivity (Wildman–Crippen MR) is 81.1 cm³/mol. The third kappa shape index (κ3) is 3.23. The number of benzene rings is 1. The lowest BCUT2D eigenvalue weighted by Crippen LogP contribution is -2.14. The summed E-state index contributed by atoms with van der Waals surface area (Å²) in [4.78, 5) is 0. The van der Waals surface area contributed by atoms with E-state index in [1.54, 1.807) is 7.11 Å². The van der Waals surface area contributed by atoms with Gasteiger partial charge in [-0.15, -0.1) is 0 Å². The maximum atomic E-state index is 5.44. The van der Waals surface area contributed by atoms with Gasteiger partial charge in [-0.1, -0.05) is 17.7 Å².